The number of aliphatic imine (C=N–C) groups is 1. The molecule has 0 aromatic heterocycles. The van der Waals surface area contributed by atoms with E-state index in [9.17, 15) is 0 Å². The van der Waals surface area contributed by atoms with Crippen LogP contribution in [0.15, 0.2) is 41.6 Å². The zero-order valence-corrected chi connectivity index (χ0v) is 8.40. The summed E-state index contributed by atoms with van der Waals surface area (Å²) in [6.45, 7) is 6.05. The van der Waals surface area contributed by atoms with Crippen LogP contribution in [0.5, 0.6) is 0 Å². The molecule has 0 aliphatic rings. The van der Waals surface area contributed by atoms with Crippen molar-refractivity contribution in [3.8, 4) is 0 Å². The summed E-state index contributed by atoms with van der Waals surface area (Å²) in [7, 11) is 1.75. The summed E-state index contributed by atoms with van der Waals surface area (Å²) in [5, 5.41) is 0. The summed E-state index contributed by atoms with van der Waals surface area (Å²) >= 11 is 0. The van der Waals surface area contributed by atoms with Crippen molar-refractivity contribution in [3.63, 3.8) is 0 Å². The van der Waals surface area contributed by atoms with E-state index < -0.39 is 0 Å². The van der Waals surface area contributed by atoms with Crippen molar-refractivity contribution in [3.05, 3.63) is 36.6 Å². The lowest BCUT2D eigenvalue weighted by atomic mass is 9.97. The second kappa shape index (κ2) is 7.35. The number of hydrogen-bond donors (Lipinski definition) is 1. The summed E-state index contributed by atoms with van der Waals surface area (Å²) in [6, 6.07) is 0. The molecule has 2 N–H and O–H groups in total. The van der Waals surface area contributed by atoms with Gasteiger partial charge in [0.25, 0.3) is 0 Å². The Morgan fingerprint density at radius 3 is 2.77 bits per heavy atom. The molecular weight excluding hydrogens is 160 g/mol. The van der Waals surface area contributed by atoms with Crippen molar-refractivity contribution in [1.82, 2.24) is 0 Å². The molecule has 0 saturated heterocycles. The Morgan fingerprint density at radius 2 is 2.31 bits per heavy atom. The molecule has 2 nitrogen and oxygen atoms in total. The Bertz CT molecular complexity index is 224. The minimum atomic E-state index is 0.359. The van der Waals surface area contributed by atoms with Gasteiger partial charge in [-0.1, -0.05) is 19.6 Å². The quantitative estimate of drug-likeness (QED) is 0.509. The van der Waals surface area contributed by atoms with E-state index in [4.69, 9.17) is 5.73 Å². The molecule has 0 amide bonds. The molecule has 0 aliphatic heterocycles. The zero-order chi connectivity index (χ0) is 10.1. The van der Waals surface area contributed by atoms with E-state index in [-0.39, 0.29) is 0 Å². The highest BCUT2D eigenvalue weighted by molar-refractivity contribution is 5.70. The van der Waals surface area contributed by atoms with Crippen molar-refractivity contribution in [2.75, 3.05) is 7.05 Å². The van der Waals surface area contributed by atoms with E-state index in [2.05, 4.69) is 24.6 Å². The molecule has 1 atom stereocenters. The Labute approximate surface area is 80.6 Å². The highest BCUT2D eigenvalue weighted by Crippen LogP contribution is 2.15. The van der Waals surface area contributed by atoms with E-state index in [0.29, 0.717) is 5.92 Å². The molecule has 0 saturated carbocycles. The van der Waals surface area contributed by atoms with Crippen molar-refractivity contribution < 1.29 is 0 Å². The molecule has 0 aromatic rings. The predicted octanol–water partition coefficient (Wildman–Crippen LogP) is 2.30. The fourth-order valence-corrected chi connectivity index (χ4v) is 1.04. The van der Waals surface area contributed by atoms with Gasteiger partial charge in [-0.3, -0.25) is 4.99 Å². The molecule has 0 bridgehead atoms. The van der Waals surface area contributed by atoms with Gasteiger partial charge in [0, 0.05) is 19.2 Å². The van der Waals surface area contributed by atoms with Gasteiger partial charge in [0.05, 0.1) is 0 Å². The molecule has 0 aromatic carbocycles. The lowest BCUT2D eigenvalue weighted by Gasteiger charge is -2.08. The lowest BCUT2D eigenvalue weighted by molar-refractivity contribution is 0.747. The van der Waals surface area contributed by atoms with Gasteiger partial charge < -0.3 is 5.73 Å². The van der Waals surface area contributed by atoms with Gasteiger partial charge in [0.15, 0.2) is 0 Å². The van der Waals surface area contributed by atoms with Gasteiger partial charge in [-0.25, -0.2) is 0 Å². The van der Waals surface area contributed by atoms with Crippen molar-refractivity contribution in [1.29, 1.82) is 0 Å². The van der Waals surface area contributed by atoms with Gasteiger partial charge in [-0.15, -0.1) is 0 Å². The van der Waals surface area contributed by atoms with Crippen LogP contribution in [-0.2, 0) is 0 Å². The highest BCUT2D eigenvalue weighted by atomic mass is 14.6. The molecule has 0 heterocycles. The fraction of sp³-hybridized carbons (Fsp3) is 0.364. The smallest absolute Gasteiger partial charge is 0.0277 e. The molecule has 1 unspecified atom stereocenters. The predicted molar refractivity (Wildman–Crippen MR) is 59.8 cm³/mol. The topological polar surface area (TPSA) is 38.4 Å². The zero-order valence-electron chi connectivity index (χ0n) is 8.40. The number of nitrogens with zero attached hydrogens (tertiary/aromatic N) is 1. The number of nitrogens with two attached hydrogens (primary N) is 1. The largest absolute Gasteiger partial charge is 0.405 e. The van der Waals surface area contributed by atoms with E-state index in [1.54, 1.807) is 13.3 Å². The summed E-state index contributed by atoms with van der Waals surface area (Å²) in [5.74, 6) is 0.359. The minimum absolute atomic E-state index is 0.359. The average molecular weight is 178 g/mol. The molecule has 0 rings (SSSR count). The van der Waals surface area contributed by atoms with Crippen LogP contribution < -0.4 is 5.73 Å². The van der Waals surface area contributed by atoms with Gasteiger partial charge in [-0.05, 0) is 30.3 Å². The molecule has 13 heavy (non-hydrogen) atoms. The molecule has 72 valence electrons. The average Bonchev–Trinajstić information content (AvgIpc) is 2.13. The van der Waals surface area contributed by atoms with Crippen LogP contribution in [0.25, 0.3) is 0 Å². The maximum Gasteiger partial charge on any atom is 0.0277 e. The first kappa shape index (κ1) is 11.7. The first-order valence-corrected chi connectivity index (χ1v) is 4.42. The number of hydrogen-bond acceptors (Lipinski definition) is 2. The standard InChI is InChI=1S/C11H18N2/c1-4-11(6-5-9-13-3)10(2)7-8-12/h5-9,11H,2,4,12H2,1,3H3/b6-5-,8-7-,13-9?. The summed E-state index contributed by atoms with van der Waals surface area (Å²) in [5.41, 5.74) is 6.32. The SMILES string of the molecule is C=C(/C=C\N)C(/C=C\C=NC)CC. The van der Waals surface area contributed by atoms with Crippen LogP contribution in [0.1, 0.15) is 13.3 Å². The second-order valence-electron chi connectivity index (χ2n) is 2.74. The van der Waals surface area contributed by atoms with Gasteiger partial charge in [-0.2, -0.15) is 0 Å². The van der Waals surface area contributed by atoms with Crippen molar-refractivity contribution in [2.24, 2.45) is 16.6 Å². The molecule has 0 aliphatic carbocycles. The van der Waals surface area contributed by atoms with E-state index in [1.807, 2.05) is 12.2 Å². The molecule has 2 heteroatoms. The Kier molecular flexibility index (Phi) is 6.60. The van der Waals surface area contributed by atoms with Gasteiger partial charge in [0.2, 0.25) is 0 Å². The molecule has 0 spiro atoms. The Morgan fingerprint density at radius 1 is 1.62 bits per heavy atom. The maximum absolute atomic E-state index is 5.28. The normalized spacial score (nSPS) is 14.6. The summed E-state index contributed by atoms with van der Waals surface area (Å²) < 4.78 is 0. The van der Waals surface area contributed by atoms with E-state index in [1.165, 1.54) is 6.20 Å². The molecule has 0 fully saturated rings. The third-order valence-corrected chi connectivity index (χ3v) is 1.80. The van der Waals surface area contributed by atoms with Crippen LogP contribution >= 0.6 is 0 Å². The van der Waals surface area contributed by atoms with Crippen LogP contribution in [0, 0.1) is 5.92 Å². The van der Waals surface area contributed by atoms with E-state index >= 15 is 0 Å². The first-order valence-electron chi connectivity index (χ1n) is 4.42. The van der Waals surface area contributed by atoms with Crippen molar-refractivity contribution >= 4 is 6.21 Å². The summed E-state index contributed by atoms with van der Waals surface area (Å²) in [6.07, 6.45) is 10.2. The fourth-order valence-electron chi connectivity index (χ4n) is 1.04. The maximum atomic E-state index is 5.28. The first-order chi connectivity index (χ1) is 6.26. The van der Waals surface area contributed by atoms with E-state index in [0.717, 1.165) is 12.0 Å². The third kappa shape index (κ3) is 5.01. The minimum Gasteiger partial charge on any atom is -0.405 e. The van der Waals surface area contributed by atoms with Gasteiger partial charge >= 0.3 is 0 Å². The van der Waals surface area contributed by atoms with Gasteiger partial charge in [0.1, 0.15) is 0 Å². The lowest BCUT2D eigenvalue weighted by Crippen LogP contribution is -1.96. The van der Waals surface area contributed by atoms with Crippen LogP contribution in [-0.4, -0.2) is 13.3 Å². The van der Waals surface area contributed by atoms with Crippen LogP contribution in [0.2, 0.25) is 0 Å². The molecular formula is C11H18N2. The number of allylic oxidation sites excluding steroid dienone is 4. The van der Waals surface area contributed by atoms with Crippen LogP contribution in [0.3, 0.4) is 0 Å². The van der Waals surface area contributed by atoms with Crippen LogP contribution in [0.4, 0.5) is 0 Å². The summed E-state index contributed by atoms with van der Waals surface area (Å²) in [4.78, 5) is 3.86. The Hall–Kier alpha value is -1.31. The second-order valence-corrected chi connectivity index (χ2v) is 2.74. The highest BCUT2D eigenvalue weighted by Gasteiger charge is 2.02. The monoisotopic (exact) mass is 178 g/mol. The van der Waals surface area contributed by atoms with Crippen molar-refractivity contribution in [2.45, 2.75) is 13.3 Å². The Balaban J connectivity index is 4.25. The molecule has 0 radical (unpaired) electrons. The third-order valence-electron chi connectivity index (χ3n) is 1.80. The number of rotatable bonds is 5.